The average Bonchev–Trinajstić information content (AvgIpc) is 2.17. The van der Waals surface area contributed by atoms with Crippen molar-refractivity contribution in [1.82, 2.24) is 0 Å². The van der Waals surface area contributed by atoms with Crippen molar-refractivity contribution in [2.24, 2.45) is 4.99 Å². The second kappa shape index (κ2) is 3.62. The summed E-state index contributed by atoms with van der Waals surface area (Å²) in [5.74, 6) is 0. The highest BCUT2D eigenvalue weighted by Crippen LogP contribution is 2.23. The molecule has 2 aromatic rings. The molecule has 0 heterocycles. The number of fused-ring (bicyclic) bond motifs is 1. The number of hydrogen-bond acceptors (Lipinski definition) is 2. The zero-order valence-corrected chi connectivity index (χ0v) is 7.95. The molecule has 2 nitrogen and oxygen atoms in total. The van der Waals surface area contributed by atoms with Gasteiger partial charge in [0.05, 0.1) is 5.69 Å². The molecule has 68 valence electrons. The number of nitrogens with zero attached hydrogens (tertiary/aromatic N) is 1. The van der Waals surface area contributed by atoms with Crippen LogP contribution in [0, 0.1) is 0 Å². The second-order valence-electron chi connectivity index (χ2n) is 2.88. The SMILES string of the molecule is O=C=Nc1ccc2ccc(Cl)cc2c1. The Morgan fingerprint density at radius 2 is 1.86 bits per heavy atom. The fourth-order valence-electron chi connectivity index (χ4n) is 1.33. The molecule has 0 saturated heterocycles. The Labute approximate surface area is 85.8 Å². The number of benzene rings is 2. The Morgan fingerprint density at radius 1 is 1.07 bits per heavy atom. The smallest absolute Gasteiger partial charge is 0.211 e. The summed E-state index contributed by atoms with van der Waals surface area (Å²) in [5.41, 5.74) is 0.592. The highest BCUT2D eigenvalue weighted by atomic mass is 35.5. The quantitative estimate of drug-likeness (QED) is 0.516. The Morgan fingerprint density at radius 3 is 2.64 bits per heavy atom. The molecule has 0 N–H and O–H groups in total. The van der Waals surface area contributed by atoms with Crippen LogP contribution in [0.2, 0.25) is 5.02 Å². The molecule has 2 aromatic carbocycles. The predicted molar refractivity (Wildman–Crippen MR) is 56.7 cm³/mol. The second-order valence-corrected chi connectivity index (χ2v) is 3.32. The van der Waals surface area contributed by atoms with E-state index in [1.54, 1.807) is 12.1 Å². The van der Waals surface area contributed by atoms with E-state index in [0.29, 0.717) is 10.7 Å². The summed E-state index contributed by atoms with van der Waals surface area (Å²) in [6.45, 7) is 0. The van der Waals surface area contributed by atoms with Crippen molar-refractivity contribution >= 4 is 34.1 Å². The zero-order valence-electron chi connectivity index (χ0n) is 7.20. The van der Waals surface area contributed by atoms with E-state index in [9.17, 15) is 4.79 Å². The van der Waals surface area contributed by atoms with Gasteiger partial charge in [0.1, 0.15) is 0 Å². The van der Waals surface area contributed by atoms with Crippen molar-refractivity contribution in [3.63, 3.8) is 0 Å². The third-order valence-electron chi connectivity index (χ3n) is 1.96. The first kappa shape index (κ1) is 8.95. The maximum Gasteiger partial charge on any atom is 0.240 e. The molecule has 0 unspecified atom stereocenters. The van der Waals surface area contributed by atoms with E-state index in [2.05, 4.69) is 4.99 Å². The van der Waals surface area contributed by atoms with Gasteiger partial charge in [-0.05, 0) is 35.0 Å². The molecule has 0 bridgehead atoms. The number of isocyanates is 1. The van der Waals surface area contributed by atoms with Gasteiger partial charge in [0.2, 0.25) is 6.08 Å². The van der Waals surface area contributed by atoms with Crippen molar-refractivity contribution in [3.8, 4) is 0 Å². The van der Waals surface area contributed by atoms with Gasteiger partial charge < -0.3 is 0 Å². The van der Waals surface area contributed by atoms with Crippen LogP contribution in [0.1, 0.15) is 0 Å². The van der Waals surface area contributed by atoms with E-state index in [-0.39, 0.29) is 0 Å². The van der Waals surface area contributed by atoms with Crippen LogP contribution in [0.15, 0.2) is 41.4 Å². The summed E-state index contributed by atoms with van der Waals surface area (Å²) in [4.78, 5) is 13.6. The lowest BCUT2D eigenvalue weighted by Crippen LogP contribution is -1.72. The molecule has 0 saturated carbocycles. The predicted octanol–water partition coefficient (Wildman–Crippen LogP) is 3.46. The molecule has 0 amide bonds. The molecule has 0 aliphatic rings. The normalized spacial score (nSPS) is 9.79. The van der Waals surface area contributed by atoms with Gasteiger partial charge in [-0.2, -0.15) is 4.99 Å². The summed E-state index contributed by atoms with van der Waals surface area (Å²) >= 11 is 5.84. The van der Waals surface area contributed by atoms with Gasteiger partial charge in [0.25, 0.3) is 0 Å². The van der Waals surface area contributed by atoms with Gasteiger partial charge in [0, 0.05) is 5.02 Å². The van der Waals surface area contributed by atoms with Crippen molar-refractivity contribution in [2.45, 2.75) is 0 Å². The van der Waals surface area contributed by atoms with Crippen molar-refractivity contribution in [3.05, 3.63) is 41.4 Å². The van der Waals surface area contributed by atoms with E-state index in [1.807, 2.05) is 24.3 Å². The van der Waals surface area contributed by atoms with Crippen molar-refractivity contribution < 1.29 is 4.79 Å². The number of halogens is 1. The van der Waals surface area contributed by atoms with E-state index < -0.39 is 0 Å². The van der Waals surface area contributed by atoms with Crippen LogP contribution >= 0.6 is 11.6 Å². The molecular formula is C11H6ClNO. The summed E-state index contributed by atoms with van der Waals surface area (Å²) in [7, 11) is 0. The third kappa shape index (κ3) is 1.67. The molecule has 0 spiro atoms. The van der Waals surface area contributed by atoms with Crippen LogP contribution in [-0.4, -0.2) is 6.08 Å². The van der Waals surface area contributed by atoms with Gasteiger partial charge in [0.15, 0.2) is 0 Å². The molecule has 0 radical (unpaired) electrons. The van der Waals surface area contributed by atoms with E-state index in [0.717, 1.165) is 10.8 Å². The van der Waals surface area contributed by atoms with Gasteiger partial charge in [-0.15, -0.1) is 0 Å². The van der Waals surface area contributed by atoms with E-state index in [4.69, 9.17) is 11.6 Å². The van der Waals surface area contributed by atoms with Crippen molar-refractivity contribution in [1.29, 1.82) is 0 Å². The molecule has 0 aliphatic heterocycles. The van der Waals surface area contributed by atoms with Crippen LogP contribution in [0.25, 0.3) is 10.8 Å². The lowest BCUT2D eigenvalue weighted by molar-refractivity contribution is 0.565. The fraction of sp³-hybridized carbons (Fsp3) is 0. The first-order valence-electron chi connectivity index (χ1n) is 4.07. The topological polar surface area (TPSA) is 29.4 Å². The highest BCUT2D eigenvalue weighted by molar-refractivity contribution is 6.31. The first-order chi connectivity index (χ1) is 6.79. The Hall–Kier alpha value is -1.63. The molecule has 0 aliphatic carbocycles. The summed E-state index contributed by atoms with van der Waals surface area (Å²) < 4.78 is 0. The number of rotatable bonds is 1. The molecule has 0 atom stereocenters. The minimum absolute atomic E-state index is 0.592. The van der Waals surface area contributed by atoms with Gasteiger partial charge >= 0.3 is 0 Å². The first-order valence-corrected chi connectivity index (χ1v) is 4.44. The fourth-order valence-corrected chi connectivity index (χ4v) is 1.51. The Balaban J connectivity index is 2.69. The minimum atomic E-state index is 0.592. The van der Waals surface area contributed by atoms with Crippen LogP contribution in [-0.2, 0) is 4.79 Å². The summed E-state index contributed by atoms with van der Waals surface area (Å²) in [6, 6.07) is 11.0. The lowest BCUT2D eigenvalue weighted by Gasteiger charge is -1.98. The largest absolute Gasteiger partial charge is 0.240 e. The monoisotopic (exact) mass is 203 g/mol. The average molecular weight is 204 g/mol. The van der Waals surface area contributed by atoms with Gasteiger partial charge in [-0.3, -0.25) is 0 Å². The molecule has 0 aromatic heterocycles. The third-order valence-corrected chi connectivity index (χ3v) is 2.20. The Kier molecular flexibility index (Phi) is 2.32. The van der Waals surface area contributed by atoms with E-state index >= 15 is 0 Å². The molecule has 3 heteroatoms. The number of aliphatic imine (C=N–C) groups is 1. The molecule has 0 fully saturated rings. The van der Waals surface area contributed by atoms with Crippen LogP contribution in [0.3, 0.4) is 0 Å². The van der Waals surface area contributed by atoms with Gasteiger partial charge in [-0.25, -0.2) is 4.79 Å². The Bertz CT molecular complexity index is 530. The highest BCUT2D eigenvalue weighted by Gasteiger charge is 1.96. The molecule has 14 heavy (non-hydrogen) atoms. The zero-order chi connectivity index (χ0) is 9.97. The molecule has 2 rings (SSSR count). The van der Waals surface area contributed by atoms with Crippen LogP contribution < -0.4 is 0 Å². The maximum absolute atomic E-state index is 10.1. The lowest BCUT2D eigenvalue weighted by atomic mass is 10.1. The summed E-state index contributed by atoms with van der Waals surface area (Å²) in [5, 5.41) is 2.71. The van der Waals surface area contributed by atoms with Crippen LogP contribution in [0.4, 0.5) is 5.69 Å². The number of carbonyl (C=O) groups excluding carboxylic acids is 1. The van der Waals surface area contributed by atoms with Crippen LogP contribution in [0.5, 0.6) is 0 Å². The van der Waals surface area contributed by atoms with Crippen molar-refractivity contribution in [2.75, 3.05) is 0 Å². The van der Waals surface area contributed by atoms with E-state index in [1.165, 1.54) is 6.08 Å². The van der Waals surface area contributed by atoms with Gasteiger partial charge in [-0.1, -0.05) is 23.7 Å². The number of hydrogen-bond donors (Lipinski definition) is 0. The minimum Gasteiger partial charge on any atom is -0.211 e. The maximum atomic E-state index is 10.1. The molecular weight excluding hydrogens is 198 g/mol. The summed E-state index contributed by atoms with van der Waals surface area (Å²) in [6.07, 6.45) is 1.51. The standard InChI is InChI=1S/C11H6ClNO/c12-10-3-1-8-2-4-11(13-7-14)6-9(8)5-10/h1-6H.